The number of aromatic nitrogens is 3. The molecule has 6 nitrogen and oxygen atoms in total. The average molecular weight is 393 g/mol. The molecule has 2 N–H and O–H groups in total. The van der Waals surface area contributed by atoms with E-state index in [0.717, 1.165) is 22.3 Å². The number of hydrogen-bond donors (Lipinski definition) is 2. The fourth-order valence-electron chi connectivity index (χ4n) is 2.92. The maximum Gasteiger partial charge on any atom is 0.322 e. The van der Waals surface area contributed by atoms with Gasteiger partial charge in [0.1, 0.15) is 11.4 Å². The quantitative estimate of drug-likeness (QED) is 0.495. The molecule has 0 aliphatic rings. The molecule has 4 aromatic rings. The number of halogens is 1. The van der Waals surface area contributed by atoms with Gasteiger partial charge in [-0.25, -0.2) is 9.97 Å². The molecular weight excluding hydrogens is 376 g/mol. The number of amides is 1. The lowest BCUT2D eigenvalue weighted by molar-refractivity contribution is 0.102. The van der Waals surface area contributed by atoms with E-state index in [1.807, 2.05) is 32.0 Å². The highest BCUT2D eigenvalue weighted by Gasteiger charge is 2.12. The Kier molecular flexibility index (Phi) is 4.71. The molecular formula is C21H17ClN4O2. The first-order valence-electron chi connectivity index (χ1n) is 8.67. The van der Waals surface area contributed by atoms with Crippen molar-refractivity contribution in [2.24, 2.45) is 0 Å². The Morgan fingerprint density at radius 3 is 2.54 bits per heavy atom. The van der Waals surface area contributed by atoms with Crippen molar-refractivity contribution >= 4 is 34.1 Å². The van der Waals surface area contributed by atoms with Gasteiger partial charge in [-0.1, -0.05) is 29.8 Å². The number of nitrogens with one attached hydrogen (secondary N) is 2. The van der Waals surface area contributed by atoms with E-state index in [-0.39, 0.29) is 11.9 Å². The molecule has 0 saturated carbocycles. The van der Waals surface area contributed by atoms with Crippen LogP contribution in [0, 0.1) is 13.8 Å². The van der Waals surface area contributed by atoms with Gasteiger partial charge >= 0.3 is 6.01 Å². The van der Waals surface area contributed by atoms with Crippen LogP contribution in [-0.2, 0) is 0 Å². The Morgan fingerprint density at radius 1 is 1.04 bits per heavy atom. The van der Waals surface area contributed by atoms with Crippen molar-refractivity contribution in [1.29, 1.82) is 0 Å². The zero-order valence-electron chi connectivity index (χ0n) is 15.3. The largest absolute Gasteiger partial charge is 0.424 e. The highest BCUT2D eigenvalue weighted by Crippen LogP contribution is 2.25. The Morgan fingerprint density at radius 2 is 1.79 bits per heavy atom. The summed E-state index contributed by atoms with van der Waals surface area (Å²) in [5.74, 6) is 0.259. The number of hydrogen-bond acceptors (Lipinski definition) is 4. The Bertz CT molecular complexity index is 1170. The minimum absolute atomic E-state index is 0.270. The number of nitrogens with zero attached hydrogens (tertiary/aromatic N) is 2. The molecule has 7 heteroatoms. The molecule has 0 bridgehead atoms. The molecule has 140 valence electrons. The monoisotopic (exact) mass is 392 g/mol. The van der Waals surface area contributed by atoms with Crippen LogP contribution in [-0.4, -0.2) is 20.9 Å². The van der Waals surface area contributed by atoms with E-state index >= 15 is 0 Å². The predicted molar refractivity (Wildman–Crippen MR) is 109 cm³/mol. The van der Waals surface area contributed by atoms with Crippen LogP contribution in [0.1, 0.15) is 21.9 Å². The molecule has 0 radical (unpaired) electrons. The molecule has 0 saturated heterocycles. The van der Waals surface area contributed by atoms with Gasteiger partial charge in [-0.2, -0.15) is 0 Å². The molecule has 0 unspecified atom stereocenters. The summed E-state index contributed by atoms with van der Waals surface area (Å²) in [4.78, 5) is 24.2. The third-order valence-corrected chi connectivity index (χ3v) is 4.43. The van der Waals surface area contributed by atoms with Crippen molar-refractivity contribution in [2.45, 2.75) is 13.8 Å². The van der Waals surface area contributed by atoms with Gasteiger partial charge in [0.2, 0.25) is 0 Å². The number of carbonyl (C=O) groups excluding carboxylic acids is 1. The third kappa shape index (κ3) is 3.82. The Hall–Kier alpha value is -3.38. The Labute approximate surface area is 166 Å². The summed E-state index contributed by atoms with van der Waals surface area (Å²) in [5.41, 5.74) is 3.40. The summed E-state index contributed by atoms with van der Waals surface area (Å²) in [6.07, 6.45) is 0. The lowest BCUT2D eigenvalue weighted by Gasteiger charge is -2.08. The van der Waals surface area contributed by atoms with Crippen LogP contribution in [0.15, 0.2) is 54.6 Å². The molecule has 0 aliphatic carbocycles. The molecule has 0 atom stereocenters. The van der Waals surface area contributed by atoms with Crippen molar-refractivity contribution in [1.82, 2.24) is 15.0 Å². The van der Waals surface area contributed by atoms with Crippen molar-refractivity contribution in [3.63, 3.8) is 0 Å². The van der Waals surface area contributed by atoms with Crippen LogP contribution in [0.25, 0.3) is 10.9 Å². The van der Waals surface area contributed by atoms with Crippen LogP contribution in [0.3, 0.4) is 0 Å². The molecule has 2 heterocycles. The molecule has 0 fully saturated rings. The van der Waals surface area contributed by atoms with E-state index in [2.05, 4.69) is 20.3 Å². The number of aromatic amines is 1. The number of anilines is 1. The second kappa shape index (κ2) is 7.32. The molecule has 28 heavy (non-hydrogen) atoms. The fraction of sp³-hybridized carbons (Fsp3) is 0.0952. The van der Waals surface area contributed by atoms with E-state index < -0.39 is 0 Å². The van der Waals surface area contributed by atoms with Crippen molar-refractivity contribution < 1.29 is 9.53 Å². The van der Waals surface area contributed by atoms with Gasteiger partial charge in [0.05, 0.1) is 10.5 Å². The second-order valence-corrected chi connectivity index (χ2v) is 6.81. The van der Waals surface area contributed by atoms with Crippen LogP contribution in [0.5, 0.6) is 11.8 Å². The number of para-hydroxylation sites is 1. The van der Waals surface area contributed by atoms with Gasteiger partial charge in [-0.3, -0.25) is 4.79 Å². The lowest BCUT2D eigenvalue weighted by Crippen LogP contribution is -2.12. The SMILES string of the molecule is Cc1cc(C)nc(Oc2cccc(NC(=O)c3cc4cccc(Cl)c4[nH]3)c2)n1. The summed E-state index contributed by atoms with van der Waals surface area (Å²) in [6, 6.07) is 16.5. The summed E-state index contributed by atoms with van der Waals surface area (Å²) < 4.78 is 5.73. The van der Waals surface area contributed by atoms with Gasteiger partial charge in [0.25, 0.3) is 5.91 Å². The molecule has 0 aliphatic heterocycles. The first kappa shape index (κ1) is 18.0. The topological polar surface area (TPSA) is 79.9 Å². The van der Waals surface area contributed by atoms with Gasteiger partial charge < -0.3 is 15.0 Å². The predicted octanol–water partition coefficient (Wildman–Crippen LogP) is 5.27. The summed E-state index contributed by atoms with van der Waals surface area (Å²) in [7, 11) is 0. The van der Waals surface area contributed by atoms with Gasteiger partial charge in [0.15, 0.2) is 0 Å². The number of aryl methyl sites for hydroxylation is 2. The smallest absolute Gasteiger partial charge is 0.322 e. The first-order chi connectivity index (χ1) is 13.5. The van der Waals surface area contributed by atoms with Crippen LogP contribution in [0.4, 0.5) is 5.69 Å². The maximum atomic E-state index is 12.6. The van der Waals surface area contributed by atoms with Gasteiger partial charge in [0, 0.05) is 28.5 Å². The standard InChI is InChI=1S/C21H17ClN4O2/c1-12-9-13(2)24-21(23-12)28-16-7-4-6-15(11-16)25-20(27)18-10-14-5-3-8-17(22)19(14)26-18/h3-11,26H,1-2H3,(H,25,27). The molecule has 0 spiro atoms. The van der Waals surface area contributed by atoms with E-state index in [1.165, 1.54) is 0 Å². The number of ether oxygens (including phenoxy) is 1. The zero-order valence-corrected chi connectivity index (χ0v) is 16.0. The number of rotatable bonds is 4. The van der Waals surface area contributed by atoms with E-state index in [0.29, 0.717) is 22.2 Å². The summed E-state index contributed by atoms with van der Waals surface area (Å²) >= 11 is 6.16. The highest BCUT2D eigenvalue weighted by molar-refractivity contribution is 6.35. The van der Waals surface area contributed by atoms with Crippen LogP contribution < -0.4 is 10.1 Å². The van der Waals surface area contributed by atoms with Gasteiger partial charge in [-0.05, 0) is 44.2 Å². The maximum absolute atomic E-state index is 12.6. The number of benzene rings is 2. The third-order valence-electron chi connectivity index (χ3n) is 4.11. The average Bonchev–Trinajstić information content (AvgIpc) is 3.07. The van der Waals surface area contributed by atoms with Crippen LogP contribution >= 0.6 is 11.6 Å². The first-order valence-corrected chi connectivity index (χ1v) is 9.04. The van der Waals surface area contributed by atoms with Crippen molar-refractivity contribution in [2.75, 3.05) is 5.32 Å². The second-order valence-electron chi connectivity index (χ2n) is 6.40. The number of fused-ring (bicyclic) bond motifs is 1. The van der Waals surface area contributed by atoms with E-state index in [1.54, 1.807) is 36.4 Å². The molecule has 2 aromatic carbocycles. The van der Waals surface area contributed by atoms with E-state index in [4.69, 9.17) is 16.3 Å². The Balaban J connectivity index is 1.53. The zero-order chi connectivity index (χ0) is 19.7. The molecule has 2 aromatic heterocycles. The normalized spacial score (nSPS) is 10.8. The summed E-state index contributed by atoms with van der Waals surface area (Å²) in [6.45, 7) is 3.76. The molecule has 4 rings (SSSR count). The van der Waals surface area contributed by atoms with E-state index in [9.17, 15) is 4.79 Å². The van der Waals surface area contributed by atoms with Gasteiger partial charge in [-0.15, -0.1) is 0 Å². The number of carbonyl (C=O) groups is 1. The van der Waals surface area contributed by atoms with Crippen molar-refractivity contribution in [3.8, 4) is 11.8 Å². The highest BCUT2D eigenvalue weighted by atomic mass is 35.5. The number of H-pyrrole nitrogens is 1. The fourth-order valence-corrected chi connectivity index (χ4v) is 3.15. The summed E-state index contributed by atoms with van der Waals surface area (Å²) in [5, 5.41) is 4.30. The molecule has 1 amide bonds. The lowest BCUT2D eigenvalue weighted by atomic mass is 10.2. The van der Waals surface area contributed by atoms with Crippen molar-refractivity contribution in [3.05, 3.63) is 76.7 Å². The minimum atomic E-state index is -0.271. The van der Waals surface area contributed by atoms with Crippen LogP contribution in [0.2, 0.25) is 5.02 Å². The minimum Gasteiger partial charge on any atom is -0.424 e.